The molecule has 2 aromatic carbocycles. The van der Waals surface area contributed by atoms with E-state index in [2.05, 4.69) is 26.9 Å². The van der Waals surface area contributed by atoms with Crippen LogP contribution in [-0.4, -0.2) is 23.9 Å². The second-order valence-corrected chi connectivity index (χ2v) is 7.89. The van der Waals surface area contributed by atoms with E-state index in [4.69, 9.17) is 4.98 Å². The number of hydrogen-bond donors (Lipinski definition) is 0. The van der Waals surface area contributed by atoms with E-state index >= 15 is 0 Å². The smallest absolute Gasteiger partial charge is 0.195 e. The maximum Gasteiger partial charge on any atom is 0.195 e. The van der Waals surface area contributed by atoms with Gasteiger partial charge in [-0.3, -0.25) is 4.79 Å². The van der Waals surface area contributed by atoms with Crippen LogP contribution in [0.4, 0.5) is 5.82 Å². The van der Waals surface area contributed by atoms with Crippen LogP contribution in [0.5, 0.6) is 0 Å². The maximum atomic E-state index is 13.2. The van der Waals surface area contributed by atoms with Crippen molar-refractivity contribution in [3.05, 3.63) is 57.6 Å². The summed E-state index contributed by atoms with van der Waals surface area (Å²) in [5, 5.41) is 10.9. The summed E-state index contributed by atoms with van der Waals surface area (Å²) in [5.74, 6) is 0.726. The van der Waals surface area contributed by atoms with Crippen LogP contribution in [0.2, 0.25) is 0 Å². The number of nitriles is 1. The molecule has 0 N–H and O–H groups in total. The van der Waals surface area contributed by atoms with E-state index in [0.29, 0.717) is 16.7 Å². The van der Waals surface area contributed by atoms with Crippen molar-refractivity contribution in [1.29, 1.82) is 5.26 Å². The number of hydrogen-bond acceptors (Lipinski definition) is 4. The second kappa shape index (κ2) is 6.17. The van der Waals surface area contributed by atoms with Crippen molar-refractivity contribution in [1.82, 2.24) is 4.98 Å². The normalized spacial score (nSPS) is 15.6. The number of halogens is 1. The molecular weight excluding hydrogens is 402 g/mol. The molecule has 132 valence electrons. The lowest BCUT2D eigenvalue weighted by atomic mass is 9.82. The SMILES string of the molecule is N#Cc1c(N2CCCCC2)nc2ccc(Br)c3c2c1-c1ccccc1C3=O. The van der Waals surface area contributed by atoms with E-state index in [1.807, 2.05) is 36.4 Å². The Hall–Kier alpha value is -2.71. The monoisotopic (exact) mass is 417 g/mol. The molecule has 3 aromatic rings. The second-order valence-electron chi connectivity index (χ2n) is 7.04. The molecule has 1 saturated heterocycles. The van der Waals surface area contributed by atoms with Crippen molar-refractivity contribution in [2.45, 2.75) is 19.3 Å². The van der Waals surface area contributed by atoms with Crippen LogP contribution in [-0.2, 0) is 0 Å². The highest BCUT2D eigenvalue weighted by atomic mass is 79.9. The van der Waals surface area contributed by atoms with E-state index in [1.54, 1.807) is 0 Å². The van der Waals surface area contributed by atoms with Gasteiger partial charge < -0.3 is 4.90 Å². The number of carbonyl (C=O) groups excluding carboxylic acids is 1. The number of nitrogens with zero attached hydrogens (tertiary/aromatic N) is 3. The summed E-state index contributed by atoms with van der Waals surface area (Å²) < 4.78 is 0.743. The number of carbonyl (C=O) groups is 1. The van der Waals surface area contributed by atoms with Crippen molar-refractivity contribution in [2.24, 2.45) is 0 Å². The Morgan fingerprint density at radius 2 is 1.74 bits per heavy atom. The van der Waals surface area contributed by atoms with Gasteiger partial charge in [-0.15, -0.1) is 0 Å². The average molecular weight is 418 g/mol. The van der Waals surface area contributed by atoms with Crippen LogP contribution in [0, 0.1) is 11.3 Å². The Kier molecular flexibility index (Phi) is 3.76. The standard InChI is InChI=1S/C22H16BrN3O/c23-16-8-9-17-20-18(13-6-2-3-7-14(13)21(27)19(16)20)15(12-24)22(25-17)26-10-4-1-5-11-26/h2-3,6-9H,1,4-5,10-11H2. The first-order chi connectivity index (χ1) is 13.2. The molecule has 1 aliphatic heterocycles. The molecule has 0 amide bonds. The number of benzene rings is 2. The summed E-state index contributed by atoms with van der Waals surface area (Å²) in [5.41, 5.74) is 4.26. The Labute approximate surface area is 165 Å². The lowest BCUT2D eigenvalue weighted by Gasteiger charge is -2.30. The van der Waals surface area contributed by atoms with Crippen molar-refractivity contribution in [2.75, 3.05) is 18.0 Å². The summed E-state index contributed by atoms with van der Waals surface area (Å²) in [6.45, 7) is 1.83. The molecule has 5 heteroatoms. The molecule has 1 aromatic heterocycles. The molecule has 2 aliphatic rings. The first-order valence-corrected chi connectivity index (χ1v) is 9.95. The maximum absolute atomic E-state index is 13.2. The minimum atomic E-state index is -0.0213. The molecule has 1 fully saturated rings. The van der Waals surface area contributed by atoms with Gasteiger partial charge in [0.05, 0.1) is 5.52 Å². The van der Waals surface area contributed by atoms with Gasteiger partial charge in [-0.2, -0.15) is 5.26 Å². The third kappa shape index (κ3) is 2.33. The number of rotatable bonds is 1. The minimum absolute atomic E-state index is 0.0213. The van der Waals surface area contributed by atoms with Gasteiger partial charge in [0.15, 0.2) is 5.78 Å². The topological polar surface area (TPSA) is 57.0 Å². The molecule has 2 heterocycles. The predicted molar refractivity (Wildman–Crippen MR) is 109 cm³/mol. The van der Waals surface area contributed by atoms with E-state index < -0.39 is 0 Å². The summed E-state index contributed by atoms with van der Waals surface area (Å²) in [7, 11) is 0. The van der Waals surface area contributed by atoms with Crippen LogP contribution in [0.25, 0.3) is 22.0 Å². The lowest BCUT2D eigenvalue weighted by Crippen LogP contribution is -2.31. The zero-order valence-corrected chi connectivity index (χ0v) is 16.2. The molecule has 4 nitrogen and oxygen atoms in total. The van der Waals surface area contributed by atoms with Crippen LogP contribution in [0.1, 0.15) is 40.7 Å². The Balaban J connectivity index is 1.94. The third-order valence-electron chi connectivity index (χ3n) is 5.52. The summed E-state index contributed by atoms with van der Waals surface area (Å²) in [4.78, 5) is 20.2. The molecule has 0 radical (unpaired) electrons. The van der Waals surface area contributed by atoms with Gasteiger partial charge in [0.2, 0.25) is 0 Å². The van der Waals surface area contributed by atoms with Crippen molar-refractivity contribution in [3.63, 3.8) is 0 Å². The number of anilines is 1. The van der Waals surface area contributed by atoms with Gasteiger partial charge in [-0.25, -0.2) is 4.98 Å². The minimum Gasteiger partial charge on any atom is -0.355 e. The summed E-state index contributed by atoms with van der Waals surface area (Å²) in [6.07, 6.45) is 3.44. The van der Waals surface area contributed by atoms with Crippen LogP contribution in [0.3, 0.4) is 0 Å². The Bertz CT molecular complexity index is 1160. The number of pyridine rings is 1. The Morgan fingerprint density at radius 3 is 2.48 bits per heavy atom. The molecule has 0 unspecified atom stereocenters. The van der Waals surface area contributed by atoms with E-state index in [1.165, 1.54) is 6.42 Å². The van der Waals surface area contributed by atoms with Gasteiger partial charge in [0.1, 0.15) is 17.5 Å². The number of ketones is 1. The Morgan fingerprint density at radius 1 is 1.00 bits per heavy atom. The quantitative estimate of drug-likeness (QED) is 0.433. The molecule has 27 heavy (non-hydrogen) atoms. The summed E-state index contributed by atoms with van der Waals surface area (Å²) in [6, 6.07) is 13.8. The highest BCUT2D eigenvalue weighted by Gasteiger charge is 2.32. The zero-order valence-electron chi connectivity index (χ0n) is 14.6. The van der Waals surface area contributed by atoms with Gasteiger partial charge in [0, 0.05) is 39.6 Å². The van der Waals surface area contributed by atoms with E-state index in [0.717, 1.165) is 58.3 Å². The first kappa shape index (κ1) is 16.5. The third-order valence-corrected chi connectivity index (χ3v) is 6.18. The highest BCUT2D eigenvalue weighted by molar-refractivity contribution is 9.10. The molecular formula is C22H16BrN3O. The van der Waals surface area contributed by atoms with E-state index in [-0.39, 0.29) is 5.78 Å². The summed E-state index contributed by atoms with van der Waals surface area (Å²) >= 11 is 3.54. The first-order valence-electron chi connectivity index (χ1n) is 9.16. The molecule has 0 saturated carbocycles. The molecule has 5 rings (SSSR count). The number of aromatic nitrogens is 1. The van der Waals surface area contributed by atoms with Crippen LogP contribution >= 0.6 is 15.9 Å². The van der Waals surface area contributed by atoms with Crippen molar-refractivity contribution in [3.8, 4) is 17.2 Å². The van der Waals surface area contributed by atoms with Gasteiger partial charge in [0.25, 0.3) is 0 Å². The molecule has 1 aliphatic carbocycles. The zero-order chi connectivity index (χ0) is 18.5. The average Bonchev–Trinajstić information content (AvgIpc) is 2.72. The van der Waals surface area contributed by atoms with Crippen LogP contribution in [0.15, 0.2) is 40.9 Å². The molecule has 0 atom stereocenters. The number of fused-ring (bicyclic) bond motifs is 2. The fourth-order valence-corrected chi connectivity index (χ4v) is 4.80. The van der Waals surface area contributed by atoms with Crippen molar-refractivity contribution < 1.29 is 4.79 Å². The lowest BCUT2D eigenvalue weighted by molar-refractivity contribution is 0.103. The fourth-order valence-electron chi connectivity index (χ4n) is 4.28. The van der Waals surface area contributed by atoms with Gasteiger partial charge in [-0.1, -0.05) is 40.2 Å². The fraction of sp³-hybridized carbons (Fsp3) is 0.227. The van der Waals surface area contributed by atoms with Gasteiger partial charge in [-0.05, 0) is 37.0 Å². The highest BCUT2D eigenvalue weighted by Crippen LogP contribution is 2.45. The predicted octanol–water partition coefficient (Wildman–Crippen LogP) is 5.07. The van der Waals surface area contributed by atoms with E-state index in [9.17, 15) is 10.1 Å². The van der Waals surface area contributed by atoms with Crippen molar-refractivity contribution >= 4 is 38.4 Å². The van der Waals surface area contributed by atoms with Gasteiger partial charge >= 0.3 is 0 Å². The van der Waals surface area contributed by atoms with Crippen LogP contribution < -0.4 is 4.90 Å². The molecule has 0 bridgehead atoms. The number of piperidine rings is 1. The largest absolute Gasteiger partial charge is 0.355 e. The molecule has 0 spiro atoms.